The van der Waals surface area contributed by atoms with Crippen molar-refractivity contribution in [2.75, 3.05) is 6.61 Å². The van der Waals surface area contributed by atoms with Crippen molar-refractivity contribution in [3.8, 4) is 5.88 Å². The van der Waals surface area contributed by atoms with Gasteiger partial charge in [-0.3, -0.25) is 0 Å². The van der Waals surface area contributed by atoms with Crippen molar-refractivity contribution < 1.29 is 19.0 Å². The number of pyridine rings is 1. The van der Waals surface area contributed by atoms with Crippen LogP contribution in [-0.2, 0) is 0 Å². The number of halogens is 1. The summed E-state index contributed by atoms with van der Waals surface area (Å²) in [6.45, 7) is 0.457. The molecule has 1 saturated carbocycles. The molecule has 0 atom stereocenters. The Labute approximate surface area is 105 Å². The molecule has 0 unspecified atom stereocenters. The fourth-order valence-corrected chi connectivity index (χ4v) is 2.25. The van der Waals surface area contributed by atoms with E-state index in [0.717, 1.165) is 25.1 Å². The minimum Gasteiger partial charge on any atom is -0.477 e. The Hall–Kier alpha value is -1.65. The van der Waals surface area contributed by atoms with Crippen molar-refractivity contribution in [3.05, 3.63) is 23.6 Å². The Morgan fingerprint density at radius 1 is 1.44 bits per heavy atom. The third-order valence-electron chi connectivity index (χ3n) is 3.23. The highest BCUT2D eigenvalue weighted by Gasteiger charge is 2.18. The lowest BCUT2D eigenvalue weighted by Gasteiger charge is -2.21. The number of hydrogen-bond donors (Lipinski definition) is 1. The van der Waals surface area contributed by atoms with Crippen LogP contribution in [0.1, 0.15) is 42.5 Å². The van der Waals surface area contributed by atoms with Gasteiger partial charge in [0.05, 0.1) is 12.8 Å². The summed E-state index contributed by atoms with van der Waals surface area (Å²) in [6, 6.07) is 0.936. The average Bonchev–Trinajstić information content (AvgIpc) is 2.38. The molecule has 5 heteroatoms. The van der Waals surface area contributed by atoms with Gasteiger partial charge >= 0.3 is 5.97 Å². The molecule has 0 bridgehead atoms. The maximum atomic E-state index is 12.9. The van der Waals surface area contributed by atoms with Crippen LogP contribution >= 0.6 is 0 Å². The van der Waals surface area contributed by atoms with Crippen LogP contribution in [-0.4, -0.2) is 22.7 Å². The van der Waals surface area contributed by atoms with E-state index in [1.54, 1.807) is 0 Å². The predicted octanol–water partition coefficient (Wildman–Crippen LogP) is 2.88. The first-order chi connectivity index (χ1) is 8.66. The normalized spacial score (nSPS) is 16.5. The molecule has 0 radical (unpaired) electrons. The maximum Gasteiger partial charge on any atom is 0.341 e. The SMILES string of the molecule is O=C(O)c1cc(F)cnc1OCC1CCCCC1. The molecule has 2 rings (SSSR count). The second-order valence-corrected chi connectivity index (χ2v) is 4.63. The summed E-state index contributed by atoms with van der Waals surface area (Å²) in [5, 5.41) is 8.94. The Balaban J connectivity index is 2.01. The van der Waals surface area contributed by atoms with Gasteiger partial charge in [0, 0.05) is 0 Å². The molecule has 0 saturated heterocycles. The van der Waals surface area contributed by atoms with Crippen molar-refractivity contribution in [3.63, 3.8) is 0 Å². The van der Waals surface area contributed by atoms with Crippen LogP contribution in [0.25, 0.3) is 0 Å². The Morgan fingerprint density at radius 2 is 2.17 bits per heavy atom. The van der Waals surface area contributed by atoms with Crippen LogP contribution in [0, 0.1) is 11.7 Å². The number of carboxylic acids is 1. The first-order valence-corrected chi connectivity index (χ1v) is 6.18. The van der Waals surface area contributed by atoms with E-state index in [9.17, 15) is 9.18 Å². The minimum atomic E-state index is -1.22. The lowest BCUT2D eigenvalue weighted by molar-refractivity contribution is 0.0688. The van der Waals surface area contributed by atoms with E-state index in [-0.39, 0.29) is 11.4 Å². The Kier molecular flexibility index (Phi) is 4.12. The zero-order valence-electron chi connectivity index (χ0n) is 10.1. The highest BCUT2D eigenvalue weighted by atomic mass is 19.1. The van der Waals surface area contributed by atoms with Crippen LogP contribution in [0.15, 0.2) is 12.3 Å². The predicted molar refractivity (Wildman–Crippen MR) is 63.2 cm³/mol. The molecule has 1 fully saturated rings. The molecule has 1 aromatic heterocycles. The summed E-state index contributed by atoms with van der Waals surface area (Å²) >= 11 is 0. The van der Waals surface area contributed by atoms with E-state index in [4.69, 9.17) is 9.84 Å². The van der Waals surface area contributed by atoms with E-state index < -0.39 is 11.8 Å². The second kappa shape index (κ2) is 5.80. The number of nitrogens with zero attached hydrogens (tertiary/aromatic N) is 1. The van der Waals surface area contributed by atoms with Gasteiger partial charge in [-0.25, -0.2) is 14.2 Å². The lowest BCUT2D eigenvalue weighted by atomic mass is 9.90. The summed E-state index contributed by atoms with van der Waals surface area (Å²) < 4.78 is 18.4. The molecule has 18 heavy (non-hydrogen) atoms. The minimum absolute atomic E-state index is 0.00877. The maximum absolute atomic E-state index is 12.9. The molecule has 4 nitrogen and oxygen atoms in total. The summed E-state index contributed by atoms with van der Waals surface area (Å²) in [5.74, 6) is -1.43. The molecule has 1 aliphatic carbocycles. The van der Waals surface area contributed by atoms with Crippen molar-refractivity contribution in [2.24, 2.45) is 5.92 Å². The molecule has 1 aliphatic rings. The topological polar surface area (TPSA) is 59.4 Å². The molecular formula is C13H16FNO3. The van der Waals surface area contributed by atoms with Gasteiger partial charge < -0.3 is 9.84 Å². The monoisotopic (exact) mass is 253 g/mol. The van der Waals surface area contributed by atoms with Gasteiger partial charge in [0.25, 0.3) is 0 Å². The van der Waals surface area contributed by atoms with E-state index >= 15 is 0 Å². The number of aromatic carboxylic acids is 1. The van der Waals surface area contributed by atoms with Crippen LogP contribution in [0.3, 0.4) is 0 Å². The number of aromatic nitrogens is 1. The largest absolute Gasteiger partial charge is 0.477 e. The van der Waals surface area contributed by atoms with Gasteiger partial charge in [-0.2, -0.15) is 0 Å². The van der Waals surface area contributed by atoms with E-state index in [1.807, 2.05) is 0 Å². The number of hydrogen-bond acceptors (Lipinski definition) is 3. The summed E-state index contributed by atoms with van der Waals surface area (Å²) in [6.07, 6.45) is 6.81. The van der Waals surface area contributed by atoms with Gasteiger partial charge in [0.1, 0.15) is 11.4 Å². The third-order valence-corrected chi connectivity index (χ3v) is 3.23. The number of rotatable bonds is 4. The molecule has 0 spiro atoms. The number of ether oxygens (including phenoxy) is 1. The van der Waals surface area contributed by atoms with Crippen LogP contribution in [0.2, 0.25) is 0 Å². The summed E-state index contributed by atoms with van der Waals surface area (Å²) in [4.78, 5) is 14.6. The fraction of sp³-hybridized carbons (Fsp3) is 0.538. The molecule has 98 valence electrons. The molecule has 0 amide bonds. The molecule has 0 aromatic carbocycles. The highest BCUT2D eigenvalue weighted by Crippen LogP contribution is 2.25. The summed E-state index contributed by atoms with van der Waals surface area (Å²) in [5.41, 5.74) is -0.217. The first-order valence-electron chi connectivity index (χ1n) is 6.18. The average molecular weight is 253 g/mol. The van der Waals surface area contributed by atoms with Gasteiger partial charge in [0.2, 0.25) is 5.88 Å². The van der Waals surface area contributed by atoms with E-state index in [0.29, 0.717) is 12.5 Å². The van der Waals surface area contributed by atoms with Crippen molar-refractivity contribution in [1.82, 2.24) is 4.98 Å². The van der Waals surface area contributed by atoms with Gasteiger partial charge in [-0.1, -0.05) is 19.3 Å². The van der Waals surface area contributed by atoms with Gasteiger partial charge in [0.15, 0.2) is 0 Å². The van der Waals surface area contributed by atoms with Crippen LogP contribution in [0.5, 0.6) is 5.88 Å². The number of carbonyl (C=O) groups is 1. The quantitative estimate of drug-likeness (QED) is 0.896. The fourth-order valence-electron chi connectivity index (χ4n) is 2.25. The summed E-state index contributed by atoms with van der Waals surface area (Å²) in [7, 11) is 0. The highest BCUT2D eigenvalue weighted by molar-refractivity contribution is 5.90. The third kappa shape index (κ3) is 3.18. The van der Waals surface area contributed by atoms with Crippen molar-refractivity contribution in [1.29, 1.82) is 0 Å². The molecular weight excluding hydrogens is 237 g/mol. The Morgan fingerprint density at radius 3 is 2.83 bits per heavy atom. The number of carboxylic acid groups (broad SMARTS) is 1. The molecule has 1 N–H and O–H groups in total. The molecule has 0 aliphatic heterocycles. The van der Waals surface area contributed by atoms with Gasteiger partial charge in [-0.05, 0) is 24.8 Å². The molecule has 1 heterocycles. The van der Waals surface area contributed by atoms with Crippen molar-refractivity contribution >= 4 is 5.97 Å². The first kappa shape index (κ1) is 12.8. The van der Waals surface area contributed by atoms with E-state index in [2.05, 4.69) is 4.98 Å². The van der Waals surface area contributed by atoms with Crippen LogP contribution in [0.4, 0.5) is 4.39 Å². The lowest BCUT2D eigenvalue weighted by Crippen LogP contribution is -2.17. The molecule has 1 aromatic rings. The van der Waals surface area contributed by atoms with Crippen LogP contribution < -0.4 is 4.74 Å². The zero-order chi connectivity index (χ0) is 13.0. The van der Waals surface area contributed by atoms with E-state index in [1.165, 1.54) is 19.3 Å². The standard InChI is InChI=1S/C13H16FNO3/c14-10-6-11(13(16)17)12(15-7-10)18-8-9-4-2-1-3-5-9/h6-7,9H,1-5,8H2,(H,16,17). The van der Waals surface area contributed by atoms with Crippen molar-refractivity contribution in [2.45, 2.75) is 32.1 Å². The smallest absolute Gasteiger partial charge is 0.341 e. The Bertz CT molecular complexity index is 430. The second-order valence-electron chi connectivity index (χ2n) is 4.63. The van der Waals surface area contributed by atoms with Gasteiger partial charge in [-0.15, -0.1) is 0 Å². The zero-order valence-corrected chi connectivity index (χ0v) is 10.1.